The van der Waals surface area contributed by atoms with E-state index >= 15 is 0 Å². The van der Waals surface area contributed by atoms with E-state index in [0.29, 0.717) is 13.2 Å². The van der Waals surface area contributed by atoms with Gasteiger partial charge in [-0.3, -0.25) is 0 Å². The highest BCUT2D eigenvalue weighted by molar-refractivity contribution is 5.88. The molecule has 166 valence electrons. The molecule has 28 heavy (non-hydrogen) atoms. The van der Waals surface area contributed by atoms with E-state index in [-0.39, 0.29) is 12.7 Å². The number of carbonyl (C=O) groups is 1. The lowest BCUT2D eigenvalue weighted by Crippen LogP contribution is -2.32. The molecule has 0 fully saturated rings. The van der Waals surface area contributed by atoms with Gasteiger partial charge in [0.15, 0.2) is 5.57 Å². The minimum atomic E-state index is -4.20. The lowest BCUT2D eigenvalue weighted by molar-refractivity contribution is -0.138. The van der Waals surface area contributed by atoms with Crippen molar-refractivity contribution < 1.29 is 41.7 Å². The largest absolute Gasteiger partial charge is 0.478 e. The Balaban J connectivity index is 4.19. The third-order valence-electron chi connectivity index (χ3n) is 3.94. The van der Waals surface area contributed by atoms with E-state index in [1.54, 1.807) is 6.92 Å². The van der Waals surface area contributed by atoms with Gasteiger partial charge in [-0.1, -0.05) is 26.2 Å². The van der Waals surface area contributed by atoms with Crippen LogP contribution in [0.4, 0.5) is 17.6 Å². The van der Waals surface area contributed by atoms with Crippen LogP contribution in [0.5, 0.6) is 0 Å². The van der Waals surface area contributed by atoms with Gasteiger partial charge in [0.2, 0.25) is 0 Å². The molecule has 0 aliphatic heterocycles. The van der Waals surface area contributed by atoms with Gasteiger partial charge in [0.1, 0.15) is 0 Å². The van der Waals surface area contributed by atoms with Crippen LogP contribution in [0.25, 0.3) is 0 Å². The number of alkyl halides is 2. The van der Waals surface area contributed by atoms with Crippen LogP contribution < -0.4 is 0 Å². The van der Waals surface area contributed by atoms with Crippen molar-refractivity contribution in [2.75, 3.05) is 19.8 Å². The maximum atomic E-state index is 13.8. The first-order valence-corrected chi connectivity index (χ1v) is 9.52. The Kier molecular flexibility index (Phi) is 13.3. The van der Waals surface area contributed by atoms with Crippen LogP contribution in [-0.2, 0) is 19.0 Å². The number of hydrogen-bond donors (Lipinski definition) is 1. The molecule has 0 aromatic heterocycles. The molecule has 0 saturated carbocycles. The van der Waals surface area contributed by atoms with Crippen molar-refractivity contribution in [1.82, 2.24) is 0 Å². The Morgan fingerprint density at radius 2 is 1.46 bits per heavy atom. The number of carboxylic acids is 1. The molecule has 0 rings (SSSR count). The summed E-state index contributed by atoms with van der Waals surface area (Å²) in [4.78, 5) is 10.6. The van der Waals surface area contributed by atoms with Crippen LogP contribution in [0, 0.1) is 0 Å². The smallest absolute Gasteiger partial charge is 0.343 e. The van der Waals surface area contributed by atoms with Gasteiger partial charge in [0.25, 0.3) is 12.0 Å². The zero-order valence-electron chi connectivity index (χ0n) is 17.0. The second-order valence-electron chi connectivity index (χ2n) is 6.88. The predicted molar refractivity (Wildman–Crippen MR) is 96.8 cm³/mol. The molecule has 0 aliphatic carbocycles. The van der Waals surface area contributed by atoms with Gasteiger partial charge < -0.3 is 19.3 Å². The molecule has 5 nitrogen and oxygen atoms in total. The first kappa shape index (κ1) is 26.8. The second-order valence-corrected chi connectivity index (χ2v) is 6.88. The summed E-state index contributed by atoms with van der Waals surface area (Å²) in [6, 6.07) is 0. The lowest BCUT2D eigenvalue weighted by Gasteiger charge is -2.23. The first-order chi connectivity index (χ1) is 13.0. The number of carboxylic acid groups (broad SMARTS) is 1. The van der Waals surface area contributed by atoms with Crippen LogP contribution in [-0.4, -0.2) is 55.1 Å². The van der Waals surface area contributed by atoms with E-state index in [1.165, 1.54) is 13.3 Å². The van der Waals surface area contributed by atoms with Crippen LogP contribution >= 0.6 is 0 Å². The number of unbranched alkanes of at least 4 members (excludes halogenated alkanes) is 3. The molecule has 1 N–H and O–H groups in total. The summed E-state index contributed by atoms with van der Waals surface area (Å²) in [6.07, 6.45) is -1.35. The first-order valence-electron chi connectivity index (χ1n) is 9.52. The zero-order chi connectivity index (χ0) is 21.7. The molecule has 9 heteroatoms. The van der Waals surface area contributed by atoms with E-state index in [0.717, 1.165) is 19.3 Å². The molecule has 0 aromatic rings. The van der Waals surface area contributed by atoms with Gasteiger partial charge >= 0.3 is 5.97 Å². The Morgan fingerprint density at radius 3 is 1.96 bits per heavy atom. The fraction of sp³-hybridized carbons (Fsp3) is 0.842. The van der Waals surface area contributed by atoms with Crippen molar-refractivity contribution in [2.24, 2.45) is 0 Å². The predicted octanol–water partition coefficient (Wildman–Crippen LogP) is 5.04. The Hall–Kier alpha value is -1.19. The molecule has 0 spiro atoms. The average Bonchev–Trinajstić information content (AvgIpc) is 2.56. The Bertz CT molecular complexity index is 481. The highest BCUT2D eigenvalue weighted by Crippen LogP contribution is 2.33. The Morgan fingerprint density at radius 1 is 0.929 bits per heavy atom. The summed E-state index contributed by atoms with van der Waals surface area (Å²) in [5, 5.41) is 8.55. The van der Waals surface area contributed by atoms with E-state index in [4.69, 9.17) is 19.3 Å². The molecule has 0 aromatic carbocycles. The van der Waals surface area contributed by atoms with Crippen molar-refractivity contribution in [3.63, 3.8) is 0 Å². The molecule has 0 saturated heterocycles. The maximum absolute atomic E-state index is 13.8. The number of aliphatic carboxylic acids is 1. The fourth-order valence-electron chi connectivity index (χ4n) is 2.41. The van der Waals surface area contributed by atoms with Crippen LogP contribution in [0.3, 0.4) is 0 Å². The highest BCUT2D eigenvalue weighted by Gasteiger charge is 2.44. The van der Waals surface area contributed by atoms with Gasteiger partial charge in [-0.25, -0.2) is 13.6 Å². The number of halogens is 4. The van der Waals surface area contributed by atoms with E-state index < -0.39 is 42.2 Å². The van der Waals surface area contributed by atoms with Gasteiger partial charge in [-0.2, -0.15) is 8.78 Å². The number of rotatable bonds is 16. The Labute approximate surface area is 164 Å². The highest BCUT2D eigenvalue weighted by atomic mass is 19.3. The van der Waals surface area contributed by atoms with Crippen LogP contribution in [0.15, 0.2) is 11.7 Å². The molecule has 0 amide bonds. The molecule has 0 aliphatic rings. The summed E-state index contributed by atoms with van der Waals surface area (Å²) in [7, 11) is 0. The summed E-state index contributed by atoms with van der Waals surface area (Å²) in [6.45, 7) is 7.85. The van der Waals surface area contributed by atoms with Crippen molar-refractivity contribution in [3.8, 4) is 0 Å². The molecule has 3 atom stereocenters. The van der Waals surface area contributed by atoms with Crippen molar-refractivity contribution in [2.45, 2.75) is 84.0 Å². The molecule has 0 bridgehead atoms. The second kappa shape index (κ2) is 13.9. The van der Waals surface area contributed by atoms with Crippen molar-refractivity contribution in [1.29, 1.82) is 0 Å². The van der Waals surface area contributed by atoms with Gasteiger partial charge in [-0.05, 0) is 27.2 Å². The molecular weight excluding hydrogens is 384 g/mol. The quantitative estimate of drug-likeness (QED) is 0.217. The van der Waals surface area contributed by atoms with Gasteiger partial charge in [0.05, 0.1) is 31.5 Å². The number of ether oxygens (including phenoxy) is 3. The molecule has 0 radical (unpaired) electrons. The summed E-state index contributed by atoms with van der Waals surface area (Å²) in [5.41, 5.74) is -2.20. The molecular formula is C19H32F4O5. The van der Waals surface area contributed by atoms with Crippen LogP contribution in [0.2, 0.25) is 0 Å². The van der Waals surface area contributed by atoms with Crippen molar-refractivity contribution >= 4 is 5.97 Å². The minimum absolute atomic E-state index is 0.0370. The standard InChI is InChI=1S/C19H32F4O5/c1-5-6-7-8-9-26-14(3)11-28-15(4)12-27-13(2)10-19(22,23)16(17(20)21)18(24)25/h13-15H,5-12H2,1-4H3,(H,24,25). The average molecular weight is 416 g/mol. The monoisotopic (exact) mass is 416 g/mol. The van der Waals surface area contributed by atoms with E-state index in [2.05, 4.69) is 6.92 Å². The lowest BCUT2D eigenvalue weighted by atomic mass is 10.0. The van der Waals surface area contributed by atoms with Gasteiger partial charge in [0, 0.05) is 13.0 Å². The normalized spacial score (nSPS) is 15.1. The third kappa shape index (κ3) is 11.6. The maximum Gasteiger partial charge on any atom is 0.343 e. The van der Waals surface area contributed by atoms with Crippen LogP contribution in [0.1, 0.15) is 59.8 Å². The topological polar surface area (TPSA) is 65.0 Å². The SMILES string of the molecule is CCCCCCOC(C)COC(C)COC(C)CC(F)(F)C(C(=O)O)=C(F)F. The minimum Gasteiger partial charge on any atom is -0.478 e. The van der Waals surface area contributed by atoms with E-state index in [9.17, 15) is 22.4 Å². The fourth-order valence-corrected chi connectivity index (χ4v) is 2.41. The molecule has 0 heterocycles. The summed E-state index contributed by atoms with van der Waals surface area (Å²) >= 11 is 0. The summed E-state index contributed by atoms with van der Waals surface area (Å²) in [5.74, 6) is -6.55. The van der Waals surface area contributed by atoms with Gasteiger partial charge in [-0.15, -0.1) is 0 Å². The van der Waals surface area contributed by atoms with E-state index in [1.807, 2.05) is 6.92 Å². The molecule has 3 unspecified atom stereocenters. The zero-order valence-corrected chi connectivity index (χ0v) is 17.0. The summed E-state index contributed by atoms with van der Waals surface area (Å²) < 4.78 is 68.8. The number of hydrogen-bond acceptors (Lipinski definition) is 4. The third-order valence-corrected chi connectivity index (χ3v) is 3.94. The van der Waals surface area contributed by atoms with Crippen molar-refractivity contribution in [3.05, 3.63) is 11.7 Å².